The SMILES string of the molecule is COCCn1cc(C(=O)NCc2ccc(Cl)cc2)c(=O)c2cc(CN3CCOCC3[C@@H](O)c3ccccc3)sc21. The van der Waals surface area contributed by atoms with Gasteiger partial charge in [-0.3, -0.25) is 14.5 Å². The topological polar surface area (TPSA) is 93.0 Å². The number of morpholine rings is 1. The number of fused-ring (bicyclic) bond motifs is 1. The maximum Gasteiger partial charge on any atom is 0.257 e. The molecule has 1 fully saturated rings. The van der Waals surface area contributed by atoms with E-state index in [1.54, 1.807) is 25.4 Å². The summed E-state index contributed by atoms with van der Waals surface area (Å²) in [6.45, 7) is 3.42. The Balaban J connectivity index is 1.41. The number of hydrogen-bond donors (Lipinski definition) is 2. The van der Waals surface area contributed by atoms with E-state index in [9.17, 15) is 14.7 Å². The zero-order valence-electron chi connectivity index (χ0n) is 22.2. The highest BCUT2D eigenvalue weighted by Crippen LogP contribution is 2.29. The zero-order chi connectivity index (χ0) is 28.1. The van der Waals surface area contributed by atoms with Gasteiger partial charge >= 0.3 is 0 Å². The van der Waals surface area contributed by atoms with E-state index in [1.807, 2.05) is 53.1 Å². The Morgan fingerprint density at radius 1 is 1.23 bits per heavy atom. The summed E-state index contributed by atoms with van der Waals surface area (Å²) >= 11 is 7.48. The molecule has 2 atom stereocenters. The predicted molar refractivity (Wildman–Crippen MR) is 157 cm³/mol. The molecular formula is C30H32ClN3O5S. The second-order valence-electron chi connectivity index (χ2n) is 9.77. The Bertz CT molecular complexity index is 1510. The highest BCUT2D eigenvalue weighted by Gasteiger charge is 2.31. The number of amides is 1. The molecule has 1 unspecified atom stereocenters. The van der Waals surface area contributed by atoms with Crippen LogP contribution in [0.15, 0.2) is 71.7 Å². The molecule has 0 aliphatic carbocycles. The number of nitrogens with zero attached hydrogens (tertiary/aromatic N) is 2. The van der Waals surface area contributed by atoms with E-state index in [0.717, 1.165) is 20.8 Å². The van der Waals surface area contributed by atoms with Crippen molar-refractivity contribution in [2.75, 3.05) is 33.5 Å². The molecule has 0 spiro atoms. The van der Waals surface area contributed by atoms with Gasteiger partial charge in [-0.25, -0.2) is 0 Å². The molecule has 0 radical (unpaired) electrons. The van der Waals surface area contributed by atoms with Gasteiger partial charge in [0.25, 0.3) is 5.91 Å². The highest BCUT2D eigenvalue weighted by atomic mass is 35.5. The summed E-state index contributed by atoms with van der Waals surface area (Å²) in [5, 5.41) is 15.1. The summed E-state index contributed by atoms with van der Waals surface area (Å²) in [5.74, 6) is -0.431. The molecule has 1 aliphatic heterocycles. The number of methoxy groups -OCH3 is 1. The van der Waals surface area contributed by atoms with Gasteiger partial charge in [-0.15, -0.1) is 11.3 Å². The Kier molecular flexibility index (Phi) is 9.31. The van der Waals surface area contributed by atoms with Crippen LogP contribution in [0.25, 0.3) is 10.2 Å². The van der Waals surface area contributed by atoms with Crippen molar-refractivity contribution in [3.8, 4) is 0 Å². The number of thiophene rings is 1. The zero-order valence-corrected chi connectivity index (χ0v) is 23.8. The number of ether oxygens (including phenoxy) is 2. The smallest absolute Gasteiger partial charge is 0.257 e. The van der Waals surface area contributed by atoms with Crippen LogP contribution in [-0.2, 0) is 29.1 Å². The van der Waals surface area contributed by atoms with Crippen LogP contribution in [0.1, 0.15) is 32.5 Å². The second-order valence-corrected chi connectivity index (χ2v) is 11.3. The van der Waals surface area contributed by atoms with Crippen molar-refractivity contribution in [2.24, 2.45) is 0 Å². The normalized spacial score (nSPS) is 16.7. The minimum absolute atomic E-state index is 0.0886. The predicted octanol–water partition coefficient (Wildman–Crippen LogP) is 4.23. The minimum atomic E-state index is -0.700. The first kappa shape index (κ1) is 28.5. The Morgan fingerprint density at radius 2 is 2.00 bits per heavy atom. The number of halogens is 1. The number of hydrogen-bond acceptors (Lipinski definition) is 7. The van der Waals surface area contributed by atoms with Crippen molar-refractivity contribution in [1.82, 2.24) is 14.8 Å². The van der Waals surface area contributed by atoms with Gasteiger partial charge in [-0.2, -0.15) is 0 Å². The molecule has 210 valence electrons. The maximum atomic E-state index is 13.5. The lowest BCUT2D eigenvalue weighted by Gasteiger charge is -2.38. The molecule has 2 N–H and O–H groups in total. The Hall–Kier alpha value is -3.05. The number of aliphatic hydroxyl groups is 1. The third-order valence-electron chi connectivity index (χ3n) is 7.09. The summed E-state index contributed by atoms with van der Waals surface area (Å²) in [6.07, 6.45) is 0.922. The van der Waals surface area contributed by atoms with E-state index in [1.165, 1.54) is 11.3 Å². The fourth-order valence-electron chi connectivity index (χ4n) is 4.92. The first-order valence-electron chi connectivity index (χ1n) is 13.2. The molecule has 1 aliphatic rings. The molecule has 10 heteroatoms. The molecule has 1 saturated heterocycles. The minimum Gasteiger partial charge on any atom is -0.387 e. The van der Waals surface area contributed by atoms with E-state index in [2.05, 4.69) is 10.2 Å². The van der Waals surface area contributed by atoms with Gasteiger partial charge in [-0.1, -0.05) is 54.1 Å². The molecule has 1 amide bonds. The van der Waals surface area contributed by atoms with Crippen LogP contribution in [-0.4, -0.2) is 60.0 Å². The van der Waals surface area contributed by atoms with Gasteiger partial charge in [0.05, 0.1) is 37.4 Å². The molecular weight excluding hydrogens is 550 g/mol. The lowest BCUT2D eigenvalue weighted by Crippen LogP contribution is -2.48. The summed E-state index contributed by atoms with van der Waals surface area (Å²) in [6, 6.07) is 18.4. The van der Waals surface area contributed by atoms with Crippen LogP contribution in [0.3, 0.4) is 0 Å². The van der Waals surface area contributed by atoms with Crippen LogP contribution in [0.5, 0.6) is 0 Å². The van der Waals surface area contributed by atoms with E-state index in [4.69, 9.17) is 21.1 Å². The highest BCUT2D eigenvalue weighted by molar-refractivity contribution is 7.18. The van der Waals surface area contributed by atoms with Crippen LogP contribution in [0, 0.1) is 0 Å². The van der Waals surface area contributed by atoms with E-state index >= 15 is 0 Å². The average Bonchev–Trinajstić information content (AvgIpc) is 3.41. The summed E-state index contributed by atoms with van der Waals surface area (Å²) in [5.41, 5.74) is 1.51. The average molecular weight is 582 g/mol. The van der Waals surface area contributed by atoms with Gasteiger partial charge in [-0.05, 0) is 29.3 Å². The summed E-state index contributed by atoms with van der Waals surface area (Å²) in [7, 11) is 1.62. The van der Waals surface area contributed by atoms with Crippen molar-refractivity contribution in [3.05, 3.63) is 104 Å². The molecule has 3 heterocycles. The van der Waals surface area contributed by atoms with Crippen molar-refractivity contribution >= 4 is 39.1 Å². The Morgan fingerprint density at radius 3 is 2.75 bits per heavy atom. The van der Waals surface area contributed by atoms with Gasteiger partial charge in [0, 0.05) is 49.4 Å². The molecule has 2 aromatic heterocycles. The number of carbonyl (C=O) groups is 1. The first-order chi connectivity index (χ1) is 19.4. The molecule has 0 saturated carbocycles. The van der Waals surface area contributed by atoms with Crippen molar-refractivity contribution < 1.29 is 19.4 Å². The molecule has 40 heavy (non-hydrogen) atoms. The standard InChI is InChI=1S/C30H32ClN3O5S/c1-38-13-11-34-18-25(29(37)32-16-20-7-9-22(31)10-8-20)28(36)24-15-23(40-30(24)34)17-33-12-14-39-19-26(33)27(35)21-5-3-2-4-6-21/h2-10,15,18,26-27,35H,11-14,16-17,19H2,1H3,(H,32,37)/t26?,27-/m0/s1. The molecule has 0 bridgehead atoms. The van der Waals surface area contributed by atoms with Gasteiger partial charge in [0.1, 0.15) is 10.4 Å². The third kappa shape index (κ3) is 6.46. The quantitative estimate of drug-likeness (QED) is 0.291. The number of rotatable bonds is 10. The number of pyridine rings is 1. The maximum absolute atomic E-state index is 13.5. The second kappa shape index (κ2) is 13.1. The lowest BCUT2D eigenvalue weighted by atomic mass is 10.0. The summed E-state index contributed by atoms with van der Waals surface area (Å²) in [4.78, 5) is 30.6. The van der Waals surface area contributed by atoms with Crippen molar-refractivity contribution in [2.45, 2.75) is 31.8 Å². The monoisotopic (exact) mass is 581 g/mol. The Labute approximate surface area is 241 Å². The molecule has 2 aromatic carbocycles. The fraction of sp³-hybridized carbons (Fsp3) is 0.333. The van der Waals surface area contributed by atoms with E-state index < -0.39 is 12.0 Å². The van der Waals surface area contributed by atoms with Gasteiger partial charge < -0.3 is 24.5 Å². The fourth-order valence-corrected chi connectivity index (χ4v) is 6.22. The van der Waals surface area contributed by atoms with E-state index in [0.29, 0.717) is 49.9 Å². The van der Waals surface area contributed by atoms with Crippen molar-refractivity contribution in [1.29, 1.82) is 0 Å². The number of aromatic nitrogens is 1. The van der Waals surface area contributed by atoms with Gasteiger partial charge in [0.2, 0.25) is 5.43 Å². The molecule has 4 aromatic rings. The molecule has 8 nitrogen and oxygen atoms in total. The number of nitrogens with one attached hydrogen (secondary N) is 1. The first-order valence-corrected chi connectivity index (χ1v) is 14.4. The third-order valence-corrected chi connectivity index (χ3v) is 8.50. The summed E-state index contributed by atoms with van der Waals surface area (Å²) < 4.78 is 12.9. The largest absolute Gasteiger partial charge is 0.387 e. The van der Waals surface area contributed by atoms with Crippen LogP contribution in [0.4, 0.5) is 0 Å². The van der Waals surface area contributed by atoms with Crippen LogP contribution in [0.2, 0.25) is 5.02 Å². The van der Waals surface area contributed by atoms with Crippen molar-refractivity contribution in [3.63, 3.8) is 0 Å². The molecule has 5 rings (SSSR count). The van der Waals surface area contributed by atoms with Gasteiger partial charge in [0.15, 0.2) is 0 Å². The lowest BCUT2D eigenvalue weighted by molar-refractivity contribution is -0.0629. The van der Waals surface area contributed by atoms with E-state index in [-0.39, 0.29) is 23.6 Å². The van der Waals surface area contributed by atoms with Crippen LogP contribution >= 0.6 is 22.9 Å². The number of benzene rings is 2. The van der Waals surface area contributed by atoms with Crippen LogP contribution < -0.4 is 10.7 Å². The number of aliphatic hydroxyl groups excluding tert-OH is 1. The number of carbonyl (C=O) groups excluding carboxylic acids is 1.